The highest BCUT2D eigenvalue weighted by Crippen LogP contribution is 2.18. The van der Waals surface area contributed by atoms with Crippen LogP contribution in [0.1, 0.15) is 25.2 Å². The average Bonchev–Trinajstić information content (AvgIpc) is 3.07. The van der Waals surface area contributed by atoms with Crippen LogP contribution in [-0.2, 0) is 19.5 Å². The summed E-state index contributed by atoms with van der Waals surface area (Å²) in [6.45, 7) is 6.69. The van der Waals surface area contributed by atoms with Crippen molar-refractivity contribution in [2.24, 2.45) is 4.99 Å². The summed E-state index contributed by atoms with van der Waals surface area (Å²) in [5, 5.41) is 14.5. The average molecular weight is 361 g/mol. The van der Waals surface area contributed by atoms with E-state index in [2.05, 4.69) is 32.7 Å². The minimum absolute atomic E-state index is 0.236. The van der Waals surface area contributed by atoms with Crippen LogP contribution in [0.5, 0.6) is 0 Å². The summed E-state index contributed by atoms with van der Waals surface area (Å²) in [4.78, 5) is 6.29. The number of benzene rings is 1. The van der Waals surface area contributed by atoms with E-state index in [4.69, 9.17) is 0 Å². The second-order valence-electron chi connectivity index (χ2n) is 6.10. The van der Waals surface area contributed by atoms with E-state index in [1.165, 1.54) is 6.07 Å². The molecule has 2 aromatic rings. The minimum atomic E-state index is -0.236. The van der Waals surface area contributed by atoms with Crippen LogP contribution in [0.15, 0.2) is 29.5 Å². The lowest BCUT2D eigenvalue weighted by Crippen LogP contribution is -2.38. The van der Waals surface area contributed by atoms with Crippen LogP contribution in [0.4, 0.5) is 10.1 Å². The molecule has 0 saturated carbocycles. The molecule has 0 radical (unpaired) electrons. The summed E-state index contributed by atoms with van der Waals surface area (Å²) in [7, 11) is 3.65. The van der Waals surface area contributed by atoms with Gasteiger partial charge in [0.15, 0.2) is 5.96 Å². The quantitative estimate of drug-likeness (QED) is 0.554. The maximum Gasteiger partial charge on any atom is 0.191 e. The van der Waals surface area contributed by atoms with Crippen LogP contribution >= 0.6 is 0 Å². The lowest BCUT2D eigenvalue weighted by molar-refractivity contribution is 0.623. The molecule has 142 valence electrons. The molecule has 26 heavy (non-hydrogen) atoms. The van der Waals surface area contributed by atoms with Crippen molar-refractivity contribution < 1.29 is 4.39 Å². The van der Waals surface area contributed by atoms with Crippen molar-refractivity contribution in [2.45, 2.75) is 33.4 Å². The van der Waals surface area contributed by atoms with Crippen molar-refractivity contribution in [3.63, 3.8) is 0 Å². The molecule has 0 aliphatic heterocycles. The molecule has 8 heteroatoms. The molecule has 7 nitrogen and oxygen atoms in total. The number of nitrogens with zero attached hydrogens (tertiary/aromatic N) is 5. The zero-order valence-corrected chi connectivity index (χ0v) is 16.0. The van der Waals surface area contributed by atoms with Crippen LogP contribution in [0.2, 0.25) is 0 Å². The standard InChI is InChI=1S/C18H28FN7/c1-5-17-24-23-13-26(17)10-9-21-18(20-6-2)22-12-14-7-8-16(25(3)4)15(19)11-14/h7-8,11,13H,5-6,9-10,12H2,1-4H3,(H2,20,21,22). The summed E-state index contributed by atoms with van der Waals surface area (Å²) in [6.07, 6.45) is 2.59. The van der Waals surface area contributed by atoms with Gasteiger partial charge < -0.3 is 20.1 Å². The van der Waals surface area contributed by atoms with E-state index in [9.17, 15) is 4.39 Å². The van der Waals surface area contributed by atoms with E-state index in [1.54, 1.807) is 17.3 Å². The molecular formula is C18H28FN7. The Morgan fingerprint density at radius 2 is 2.08 bits per heavy atom. The number of aryl methyl sites for hydroxylation is 1. The monoisotopic (exact) mass is 361 g/mol. The Balaban J connectivity index is 1.94. The maximum atomic E-state index is 14.1. The molecule has 1 heterocycles. The maximum absolute atomic E-state index is 14.1. The Hall–Kier alpha value is -2.64. The van der Waals surface area contributed by atoms with Gasteiger partial charge in [-0.05, 0) is 24.6 Å². The van der Waals surface area contributed by atoms with Crippen molar-refractivity contribution in [2.75, 3.05) is 32.1 Å². The summed E-state index contributed by atoms with van der Waals surface area (Å²) < 4.78 is 16.1. The van der Waals surface area contributed by atoms with Gasteiger partial charge in [0.1, 0.15) is 18.0 Å². The molecule has 0 spiro atoms. The van der Waals surface area contributed by atoms with Crippen molar-refractivity contribution >= 4 is 11.6 Å². The third-order valence-electron chi connectivity index (χ3n) is 3.91. The molecule has 0 aliphatic carbocycles. The first-order chi connectivity index (χ1) is 12.5. The van der Waals surface area contributed by atoms with Crippen LogP contribution < -0.4 is 15.5 Å². The van der Waals surface area contributed by atoms with Gasteiger partial charge in [-0.25, -0.2) is 9.38 Å². The molecule has 0 bridgehead atoms. The van der Waals surface area contributed by atoms with Crippen molar-refractivity contribution in [1.82, 2.24) is 25.4 Å². The van der Waals surface area contributed by atoms with Gasteiger partial charge in [-0.3, -0.25) is 0 Å². The molecule has 0 unspecified atom stereocenters. The van der Waals surface area contributed by atoms with Crippen molar-refractivity contribution in [3.8, 4) is 0 Å². The summed E-state index contributed by atoms with van der Waals surface area (Å²) in [6, 6.07) is 5.21. The molecule has 2 N–H and O–H groups in total. The van der Waals surface area contributed by atoms with Crippen molar-refractivity contribution in [3.05, 3.63) is 41.7 Å². The van der Waals surface area contributed by atoms with Crippen LogP contribution in [0.25, 0.3) is 0 Å². The fourth-order valence-electron chi connectivity index (χ4n) is 2.56. The zero-order valence-electron chi connectivity index (χ0n) is 16.0. The third-order valence-corrected chi connectivity index (χ3v) is 3.91. The second kappa shape index (κ2) is 9.74. The molecule has 1 aromatic carbocycles. The molecule has 0 amide bonds. The molecule has 0 fully saturated rings. The van der Waals surface area contributed by atoms with E-state index >= 15 is 0 Å². The first-order valence-electron chi connectivity index (χ1n) is 8.89. The van der Waals surface area contributed by atoms with Crippen LogP contribution in [0.3, 0.4) is 0 Å². The lowest BCUT2D eigenvalue weighted by atomic mass is 10.2. The van der Waals surface area contributed by atoms with Gasteiger partial charge in [-0.15, -0.1) is 10.2 Å². The largest absolute Gasteiger partial charge is 0.375 e. The predicted octanol–water partition coefficient (Wildman–Crippen LogP) is 1.80. The number of hydrogen-bond donors (Lipinski definition) is 2. The van der Waals surface area contributed by atoms with Gasteiger partial charge in [0.2, 0.25) is 0 Å². The molecule has 0 aliphatic rings. The predicted molar refractivity (Wildman–Crippen MR) is 103 cm³/mol. The second-order valence-corrected chi connectivity index (χ2v) is 6.10. The first kappa shape index (κ1) is 19.7. The zero-order chi connectivity index (χ0) is 18.9. The Morgan fingerprint density at radius 1 is 1.27 bits per heavy atom. The highest BCUT2D eigenvalue weighted by Gasteiger charge is 2.06. The molecule has 2 rings (SSSR count). The number of hydrogen-bond acceptors (Lipinski definition) is 4. The Bertz CT molecular complexity index is 724. The highest BCUT2D eigenvalue weighted by molar-refractivity contribution is 5.79. The Morgan fingerprint density at radius 3 is 2.73 bits per heavy atom. The van der Waals surface area contributed by atoms with Gasteiger partial charge in [0.25, 0.3) is 0 Å². The van der Waals surface area contributed by atoms with Gasteiger partial charge in [0, 0.05) is 40.2 Å². The third kappa shape index (κ3) is 5.44. The highest BCUT2D eigenvalue weighted by atomic mass is 19.1. The van der Waals surface area contributed by atoms with Gasteiger partial charge >= 0.3 is 0 Å². The smallest absolute Gasteiger partial charge is 0.191 e. The fourth-order valence-corrected chi connectivity index (χ4v) is 2.56. The summed E-state index contributed by atoms with van der Waals surface area (Å²) in [5.74, 6) is 1.43. The van der Waals surface area contributed by atoms with E-state index < -0.39 is 0 Å². The van der Waals surface area contributed by atoms with E-state index in [1.807, 2.05) is 31.7 Å². The topological polar surface area (TPSA) is 70.4 Å². The first-order valence-corrected chi connectivity index (χ1v) is 8.89. The summed E-state index contributed by atoms with van der Waals surface area (Å²) in [5.41, 5.74) is 1.40. The molecule has 1 aromatic heterocycles. The summed E-state index contributed by atoms with van der Waals surface area (Å²) >= 11 is 0. The normalized spacial score (nSPS) is 11.5. The minimum Gasteiger partial charge on any atom is -0.375 e. The molecule has 0 atom stereocenters. The number of halogens is 1. The van der Waals surface area contributed by atoms with E-state index in [-0.39, 0.29) is 5.82 Å². The van der Waals surface area contributed by atoms with Gasteiger partial charge in [0.05, 0.1) is 12.2 Å². The van der Waals surface area contributed by atoms with E-state index in [0.29, 0.717) is 24.7 Å². The number of anilines is 1. The Labute approximate surface area is 154 Å². The fraction of sp³-hybridized carbons (Fsp3) is 0.500. The Kier molecular flexibility index (Phi) is 7.37. The van der Waals surface area contributed by atoms with Crippen LogP contribution in [0, 0.1) is 5.82 Å². The van der Waals surface area contributed by atoms with Crippen LogP contribution in [-0.4, -0.2) is 47.9 Å². The van der Waals surface area contributed by atoms with Gasteiger partial charge in [-0.1, -0.05) is 13.0 Å². The lowest BCUT2D eigenvalue weighted by Gasteiger charge is -2.14. The SMILES string of the molecule is CCNC(=NCc1ccc(N(C)C)c(F)c1)NCCn1cnnc1CC. The van der Waals surface area contributed by atoms with Gasteiger partial charge in [-0.2, -0.15) is 0 Å². The number of nitrogens with one attached hydrogen (secondary N) is 2. The molecule has 0 saturated heterocycles. The van der Waals surface area contributed by atoms with E-state index in [0.717, 1.165) is 30.9 Å². The van der Waals surface area contributed by atoms with Crippen molar-refractivity contribution in [1.29, 1.82) is 0 Å². The molecular weight excluding hydrogens is 333 g/mol. The number of aliphatic imine (C=N–C) groups is 1. The number of rotatable bonds is 8. The number of aromatic nitrogens is 3. The number of guanidine groups is 1.